The quantitative estimate of drug-likeness (QED) is 0.508. The van der Waals surface area contributed by atoms with Crippen LogP contribution < -0.4 is 5.32 Å². The van der Waals surface area contributed by atoms with Gasteiger partial charge in [-0.25, -0.2) is 0 Å². The van der Waals surface area contributed by atoms with Gasteiger partial charge in [-0.2, -0.15) is 0 Å². The Morgan fingerprint density at radius 3 is 2.83 bits per heavy atom. The van der Waals surface area contributed by atoms with Gasteiger partial charge in [-0.05, 0) is 24.5 Å². The van der Waals surface area contributed by atoms with Crippen LogP contribution in [0.5, 0.6) is 0 Å². The Balaban J connectivity index is 2.12. The molecule has 1 amide bonds. The van der Waals surface area contributed by atoms with Crippen LogP contribution in [-0.4, -0.2) is 17.3 Å². The number of carbonyl (C=O) groups is 1. The van der Waals surface area contributed by atoms with Gasteiger partial charge in [0.05, 0.1) is 16.3 Å². The number of hydrogen-bond donors (Lipinski definition) is 2. The van der Waals surface area contributed by atoms with Gasteiger partial charge in [0.2, 0.25) is 5.91 Å². The number of halogens is 2. The molecule has 2 rings (SSSR count). The molecule has 6 heteroatoms. The SMILES string of the molecule is O=C(NCc1ccc(Cl)c(C=NO)c1Cl)C1CC1. The molecular weight excluding hydrogens is 275 g/mol. The first-order valence-corrected chi connectivity index (χ1v) is 6.31. The largest absolute Gasteiger partial charge is 0.411 e. The van der Waals surface area contributed by atoms with Gasteiger partial charge in [0.25, 0.3) is 0 Å². The normalized spacial score (nSPS) is 15.0. The van der Waals surface area contributed by atoms with E-state index in [9.17, 15) is 4.79 Å². The second-order valence-electron chi connectivity index (χ2n) is 4.17. The second kappa shape index (κ2) is 5.59. The van der Waals surface area contributed by atoms with Crippen LogP contribution in [0, 0.1) is 5.92 Å². The Morgan fingerprint density at radius 2 is 2.22 bits per heavy atom. The molecule has 0 saturated heterocycles. The van der Waals surface area contributed by atoms with E-state index in [1.807, 2.05) is 0 Å². The van der Waals surface area contributed by atoms with Crippen LogP contribution in [0.1, 0.15) is 24.0 Å². The molecule has 1 saturated carbocycles. The van der Waals surface area contributed by atoms with Crippen LogP contribution in [0.3, 0.4) is 0 Å². The zero-order valence-electron chi connectivity index (χ0n) is 9.49. The lowest BCUT2D eigenvalue weighted by atomic mass is 10.1. The number of amides is 1. The van der Waals surface area contributed by atoms with E-state index in [-0.39, 0.29) is 11.8 Å². The van der Waals surface area contributed by atoms with Crippen molar-refractivity contribution in [2.24, 2.45) is 11.1 Å². The summed E-state index contributed by atoms with van der Waals surface area (Å²) in [6, 6.07) is 3.40. The molecule has 0 atom stereocenters. The molecule has 18 heavy (non-hydrogen) atoms. The third-order valence-electron chi connectivity index (χ3n) is 2.79. The summed E-state index contributed by atoms with van der Waals surface area (Å²) >= 11 is 12.1. The van der Waals surface area contributed by atoms with Crippen molar-refractivity contribution in [3.63, 3.8) is 0 Å². The van der Waals surface area contributed by atoms with E-state index in [2.05, 4.69) is 10.5 Å². The van der Waals surface area contributed by atoms with Crippen molar-refractivity contribution in [2.75, 3.05) is 0 Å². The maximum atomic E-state index is 11.5. The monoisotopic (exact) mass is 286 g/mol. The predicted octanol–water partition coefficient (Wildman–Crippen LogP) is 2.83. The Hall–Kier alpha value is -1.26. The summed E-state index contributed by atoms with van der Waals surface area (Å²) in [5, 5.41) is 15.1. The Morgan fingerprint density at radius 1 is 1.50 bits per heavy atom. The molecule has 2 N–H and O–H groups in total. The van der Waals surface area contributed by atoms with Crippen molar-refractivity contribution in [2.45, 2.75) is 19.4 Å². The minimum Gasteiger partial charge on any atom is -0.411 e. The van der Waals surface area contributed by atoms with Crippen molar-refractivity contribution in [1.82, 2.24) is 5.32 Å². The first-order chi connectivity index (χ1) is 8.63. The molecule has 0 bridgehead atoms. The first-order valence-electron chi connectivity index (χ1n) is 5.55. The van der Waals surface area contributed by atoms with Crippen LogP contribution in [0.15, 0.2) is 17.3 Å². The van der Waals surface area contributed by atoms with Gasteiger partial charge in [0.1, 0.15) is 0 Å². The fourth-order valence-corrected chi connectivity index (χ4v) is 2.13. The fraction of sp³-hybridized carbons (Fsp3) is 0.333. The molecule has 4 nitrogen and oxygen atoms in total. The number of carbonyl (C=O) groups excluding carboxylic acids is 1. The highest BCUT2D eigenvalue weighted by molar-refractivity contribution is 6.39. The predicted molar refractivity (Wildman–Crippen MR) is 70.4 cm³/mol. The van der Waals surface area contributed by atoms with Crippen LogP contribution in [0.25, 0.3) is 0 Å². The van der Waals surface area contributed by atoms with Gasteiger partial charge in [0, 0.05) is 18.0 Å². The lowest BCUT2D eigenvalue weighted by Gasteiger charge is -2.09. The maximum Gasteiger partial charge on any atom is 0.223 e. The van der Waals surface area contributed by atoms with Crippen LogP contribution in [0.2, 0.25) is 10.0 Å². The molecular formula is C12H12Cl2N2O2. The van der Waals surface area contributed by atoms with E-state index < -0.39 is 0 Å². The van der Waals surface area contributed by atoms with Crippen molar-refractivity contribution in [1.29, 1.82) is 0 Å². The lowest BCUT2D eigenvalue weighted by molar-refractivity contribution is -0.122. The molecule has 0 unspecified atom stereocenters. The molecule has 1 aliphatic carbocycles. The summed E-state index contributed by atoms with van der Waals surface area (Å²) in [5.41, 5.74) is 1.18. The summed E-state index contributed by atoms with van der Waals surface area (Å²) in [6.45, 7) is 0.345. The Kier molecular flexibility index (Phi) is 4.09. The van der Waals surface area contributed by atoms with Gasteiger partial charge < -0.3 is 10.5 Å². The number of nitrogens with zero attached hydrogens (tertiary/aromatic N) is 1. The molecule has 0 heterocycles. The van der Waals surface area contributed by atoms with E-state index in [1.54, 1.807) is 12.1 Å². The van der Waals surface area contributed by atoms with Gasteiger partial charge in [-0.1, -0.05) is 34.4 Å². The highest BCUT2D eigenvalue weighted by Gasteiger charge is 2.29. The summed E-state index contributed by atoms with van der Waals surface area (Å²) in [7, 11) is 0. The number of nitrogens with one attached hydrogen (secondary N) is 1. The number of benzene rings is 1. The highest BCUT2D eigenvalue weighted by atomic mass is 35.5. The summed E-state index contributed by atoms with van der Waals surface area (Å²) in [4.78, 5) is 11.5. The summed E-state index contributed by atoms with van der Waals surface area (Å²) < 4.78 is 0. The van der Waals surface area contributed by atoms with E-state index in [1.165, 1.54) is 6.21 Å². The third-order valence-corrected chi connectivity index (χ3v) is 3.57. The molecule has 0 spiro atoms. The molecule has 0 aromatic heterocycles. The molecule has 1 aromatic carbocycles. The average Bonchev–Trinajstić information content (AvgIpc) is 3.17. The van der Waals surface area contributed by atoms with E-state index >= 15 is 0 Å². The van der Waals surface area contributed by atoms with Gasteiger partial charge >= 0.3 is 0 Å². The van der Waals surface area contributed by atoms with Gasteiger partial charge in [-0.3, -0.25) is 4.79 Å². The average molecular weight is 287 g/mol. The number of oxime groups is 1. The minimum atomic E-state index is 0.0541. The molecule has 1 aliphatic rings. The molecule has 1 fully saturated rings. The topological polar surface area (TPSA) is 61.7 Å². The molecule has 0 radical (unpaired) electrons. The Bertz CT molecular complexity index is 499. The zero-order chi connectivity index (χ0) is 13.1. The van der Waals surface area contributed by atoms with Gasteiger partial charge in [0.15, 0.2) is 0 Å². The third kappa shape index (κ3) is 2.94. The first kappa shape index (κ1) is 13.2. The summed E-state index contributed by atoms with van der Waals surface area (Å²) in [6.07, 6.45) is 3.10. The van der Waals surface area contributed by atoms with Crippen LogP contribution >= 0.6 is 23.2 Å². The molecule has 1 aromatic rings. The van der Waals surface area contributed by atoms with Crippen molar-refractivity contribution in [3.8, 4) is 0 Å². The molecule has 96 valence electrons. The van der Waals surface area contributed by atoms with E-state index in [4.69, 9.17) is 28.4 Å². The van der Waals surface area contributed by atoms with E-state index in [0.29, 0.717) is 22.2 Å². The van der Waals surface area contributed by atoms with Crippen LogP contribution in [-0.2, 0) is 11.3 Å². The second-order valence-corrected chi connectivity index (χ2v) is 4.96. The lowest BCUT2D eigenvalue weighted by Crippen LogP contribution is -2.24. The standard InChI is InChI=1S/C12H12Cl2N2O2/c13-10-4-3-8(11(14)9(10)6-16-18)5-15-12(17)7-1-2-7/h3-4,6-7,18H,1-2,5H2,(H,15,17). The van der Waals surface area contributed by atoms with Crippen molar-refractivity contribution >= 4 is 35.3 Å². The van der Waals surface area contributed by atoms with E-state index in [0.717, 1.165) is 18.4 Å². The van der Waals surface area contributed by atoms with Gasteiger partial charge in [-0.15, -0.1) is 0 Å². The smallest absolute Gasteiger partial charge is 0.223 e. The number of hydrogen-bond acceptors (Lipinski definition) is 3. The summed E-state index contributed by atoms with van der Waals surface area (Å²) in [5.74, 6) is 0.216. The highest BCUT2D eigenvalue weighted by Crippen LogP contribution is 2.30. The maximum absolute atomic E-state index is 11.5. The number of rotatable bonds is 4. The Labute approximate surface area is 115 Å². The minimum absolute atomic E-state index is 0.0541. The zero-order valence-corrected chi connectivity index (χ0v) is 11.0. The van der Waals surface area contributed by atoms with Crippen molar-refractivity contribution in [3.05, 3.63) is 33.3 Å². The van der Waals surface area contributed by atoms with Crippen LogP contribution in [0.4, 0.5) is 0 Å². The van der Waals surface area contributed by atoms with Crippen molar-refractivity contribution < 1.29 is 10.0 Å². The fourth-order valence-electron chi connectivity index (χ4n) is 1.60. The molecule has 0 aliphatic heterocycles.